The fourth-order valence-electron chi connectivity index (χ4n) is 0.367. The van der Waals surface area contributed by atoms with Gasteiger partial charge in [-0.25, -0.2) is 0 Å². The van der Waals surface area contributed by atoms with Crippen molar-refractivity contribution in [2.75, 3.05) is 6.61 Å². The topological polar surface area (TPSA) is 72.5 Å². The number of nitrogens with two attached hydrogens (primary N) is 1. The minimum atomic E-state index is -1.03. The average molecular weight is 184 g/mol. The lowest BCUT2D eigenvalue weighted by molar-refractivity contribution is -0.140. The summed E-state index contributed by atoms with van der Waals surface area (Å²) in [7, 11) is 0. The molecule has 0 aliphatic heterocycles. The molecule has 11 heavy (non-hydrogen) atoms. The Labute approximate surface area is 72.1 Å². The Morgan fingerprint density at radius 2 is 2.09 bits per heavy atom. The van der Waals surface area contributed by atoms with Gasteiger partial charge in [-0.2, -0.15) is 0 Å². The van der Waals surface area contributed by atoms with E-state index >= 15 is 0 Å². The van der Waals surface area contributed by atoms with Gasteiger partial charge in [0, 0.05) is 0 Å². The highest BCUT2D eigenvalue weighted by atomic mass is 35.5. The van der Waals surface area contributed by atoms with Crippen molar-refractivity contribution in [1.82, 2.24) is 0 Å². The first-order chi connectivity index (χ1) is 4.54. The van der Waals surface area contributed by atoms with Crippen molar-refractivity contribution in [2.24, 2.45) is 5.73 Å². The summed E-state index contributed by atoms with van der Waals surface area (Å²) in [6, 6.07) is -0.901. The zero-order valence-corrected chi connectivity index (χ0v) is 7.43. The highest BCUT2D eigenvalue weighted by Gasteiger charge is 2.11. The molecule has 0 bridgehead atoms. The molecule has 0 saturated carbocycles. The zero-order valence-electron chi connectivity index (χ0n) is 6.61. The van der Waals surface area contributed by atoms with Crippen molar-refractivity contribution in [1.29, 1.82) is 0 Å². The zero-order chi connectivity index (χ0) is 8.15. The van der Waals surface area contributed by atoms with Gasteiger partial charge in [0.1, 0.15) is 6.04 Å². The van der Waals surface area contributed by atoms with Crippen molar-refractivity contribution in [2.45, 2.75) is 26.0 Å². The van der Waals surface area contributed by atoms with Gasteiger partial charge in [0.2, 0.25) is 0 Å². The Morgan fingerprint density at radius 3 is 2.36 bits per heavy atom. The van der Waals surface area contributed by atoms with E-state index in [0.29, 0.717) is 0 Å². The number of ether oxygens (including phenoxy) is 1. The van der Waals surface area contributed by atoms with Crippen molar-refractivity contribution >= 4 is 18.4 Å². The van der Waals surface area contributed by atoms with Crippen molar-refractivity contribution < 1.29 is 14.6 Å². The fourth-order valence-corrected chi connectivity index (χ4v) is 0.367. The normalized spacial score (nSPS) is 12.4. The van der Waals surface area contributed by atoms with Gasteiger partial charge in [-0.05, 0) is 13.8 Å². The number of carbonyl (C=O) groups is 1. The van der Waals surface area contributed by atoms with E-state index in [1.165, 1.54) is 0 Å². The van der Waals surface area contributed by atoms with Gasteiger partial charge in [-0.3, -0.25) is 4.79 Å². The molecule has 0 aromatic heterocycles. The molecule has 0 fully saturated rings. The van der Waals surface area contributed by atoms with Gasteiger partial charge < -0.3 is 15.6 Å². The van der Waals surface area contributed by atoms with E-state index < -0.39 is 12.0 Å². The maximum Gasteiger partial charge on any atom is 0.322 e. The van der Waals surface area contributed by atoms with E-state index in [1.807, 2.05) is 13.8 Å². The minimum absolute atomic E-state index is 0. The molecule has 1 atom stereocenters. The molecule has 68 valence electrons. The second-order valence-corrected chi connectivity index (χ2v) is 2.33. The van der Waals surface area contributed by atoms with E-state index in [0.717, 1.165) is 0 Å². The summed E-state index contributed by atoms with van der Waals surface area (Å²) in [4.78, 5) is 10.1. The number of aliphatic carboxylic acids is 1. The van der Waals surface area contributed by atoms with Gasteiger partial charge in [0.05, 0.1) is 12.7 Å². The standard InChI is InChI=1S/C6H13NO3.ClH/c1-4(2)10-3-5(7)6(8)9;/h4-5H,3,7H2,1-2H3,(H,8,9);1H/t5-;/m0./s1. The maximum absolute atomic E-state index is 10.1. The van der Waals surface area contributed by atoms with Crippen molar-refractivity contribution in [3.63, 3.8) is 0 Å². The number of rotatable bonds is 4. The highest BCUT2D eigenvalue weighted by Crippen LogP contribution is 1.89. The molecule has 0 aromatic rings. The van der Waals surface area contributed by atoms with E-state index in [9.17, 15) is 4.79 Å². The van der Waals surface area contributed by atoms with Gasteiger partial charge in [0.15, 0.2) is 0 Å². The molecule has 0 aliphatic carbocycles. The first-order valence-corrected chi connectivity index (χ1v) is 3.14. The molecule has 0 rings (SSSR count). The van der Waals surface area contributed by atoms with Crippen LogP contribution in [0.2, 0.25) is 0 Å². The summed E-state index contributed by atoms with van der Waals surface area (Å²) in [5, 5.41) is 8.29. The largest absolute Gasteiger partial charge is 0.480 e. The summed E-state index contributed by atoms with van der Waals surface area (Å²) >= 11 is 0. The van der Waals surface area contributed by atoms with Crippen LogP contribution in [0.25, 0.3) is 0 Å². The second-order valence-electron chi connectivity index (χ2n) is 2.33. The van der Waals surface area contributed by atoms with Crippen LogP contribution < -0.4 is 5.73 Å². The first kappa shape index (κ1) is 13.3. The van der Waals surface area contributed by atoms with Crippen LogP contribution in [-0.4, -0.2) is 29.8 Å². The number of hydrogen-bond acceptors (Lipinski definition) is 3. The molecule has 5 heteroatoms. The van der Waals surface area contributed by atoms with Crippen molar-refractivity contribution in [3.8, 4) is 0 Å². The third-order valence-electron chi connectivity index (χ3n) is 0.926. The Morgan fingerprint density at radius 1 is 1.64 bits per heavy atom. The van der Waals surface area contributed by atoms with Gasteiger partial charge in [-0.1, -0.05) is 0 Å². The molecule has 0 aromatic carbocycles. The Hall–Kier alpha value is -0.320. The van der Waals surface area contributed by atoms with Crippen LogP contribution in [0.15, 0.2) is 0 Å². The third-order valence-corrected chi connectivity index (χ3v) is 0.926. The van der Waals surface area contributed by atoms with E-state index in [-0.39, 0.29) is 25.1 Å². The van der Waals surface area contributed by atoms with Crippen LogP contribution in [0.5, 0.6) is 0 Å². The molecule has 0 unspecified atom stereocenters. The predicted octanol–water partition coefficient (Wildman–Crippen LogP) is 0.245. The van der Waals surface area contributed by atoms with E-state index in [2.05, 4.69) is 0 Å². The lowest BCUT2D eigenvalue weighted by Gasteiger charge is -2.09. The lowest BCUT2D eigenvalue weighted by atomic mass is 10.3. The smallest absolute Gasteiger partial charge is 0.322 e. The molecule has 3 N–H and O–H groups in total. The number of hydrogen-bond donors (Lipinski definition) is 2. The van der Waals surface area contributed by atoms with Gasteiger partial charge in [-0.15, -0.1) is 12.4 Å². The average Bonchev–Trinajstić information content (AvgIpc) is 1.82. The molecule has 0 aliphatic rings. The van der Waals surface area contributed by atoms with Crippen LogP contribution in [0.4, 0.5) is 0 Å². The molecule has 0 amide bonds. The highest BCUT2D eigenvalue weighted by molar-refractivity contribution is 5.85. The molecule has 0 spiro atoms. The Kier molecular flexibility index (Phi) is 7.72. The van der Waals surface area contributed by atoms with E-state index in [1.54, 1.807) is 0 Å². The van der Waals surface area contributed by atoms with Gasteiger partial charge >= 0.3 is 5.97 Å². The Balaban J connectivity index is 0. The number of carboxylic acid groups (broad SMARTS) is 1. The summed E-state index contributed by atoms with van der Waals surface area (Å²) in [5.74, 6) is -1.03. The lowest BCUT2D eigenvalue weighted by Crippen LogP contribution is -2.35. The van der Waals surface area contributed by atoms with Crippen LogP contribution in [0.3, 0.4) is 0 Å². The van der Waals surface area contributed by atoms with Crippen LogP contribution in [0.1, 0.15) is 13.8 Å². The van der Waals surface area contributed by atoms with E-state index in [4.69, 9.17) is 15.6 Å². The number of carboxylic acids is 1. The molecule has 4 nitrogen and oxygen atoms in total. The summed E-state index contributed by atoms with van der Waals surface area (Å²) in [5.41, 5.74) is 5.14. The SMILES string of the molecule is CC(C)OC[C@H](N)C(=O)O.Cl. The molecule has 0 radical (unpaired) electrons. The molecule has 0 heterocycles. The summed E-state index contributed by atoms with van der Waals surface area (Å²) in [6.07, 6.45) is 0.0328. The van der Waals surface area contributed by atoms with Crippen LogP contribution in [-0.2, 0) is 9.53 Å². The first-order valence-electron chi connectivity index (χ1n) is 3.14. The van der Waals surface area contributed by atoms with Crippen molar-refractivity contribution in [3.05, 3.63) is 0 Å². The second kappa shape index (κ2) is 6.39. The maximum atomic E-state index is 10.1. The third kappa shape index (κ3) is 7.58. The summed E-state index contributed by atoms with van der Waals surface area (Å²) in [6.45, 7) is 3.73. The van der Waals surface area contributed by atoms with Crippen LogP contribution in [0, 0.1) is 0 Å². The molecular weight excluding hydrogens is 170 g/mol. The van der Waals surface area contributed by atoms with Crippen LogP contribution >= 0.6 is 12.4 Å². The predicted molar refractivity (Wildman–Crippen MR) is 43.9 cm³/mol. The van der Waals surface area contributed by atoms with Gasteiger partial charge in [0.25, 0.3) is 0 Å². The molecular formula is C6H14ClNO3. The minimum Gasteiger partial charge on any atom is -0.480 e. The fraction of sp³-hybridized carbons (Fsp3) is 0.833. The summed E-state index contributed by atoms with van der Waals surface area (Å²) < 4.78 is 4.96. The monoisotopic (exact) mass is 183 g/mol. The Bertz CT molecular complexity index is 118. The molecule has 0 saturated heterocycles. The quantitative estimate of drug-likeness (QED) is 0.655. The number of halogens is 1.